The number of aromatic nitrogens is 2. The topological polar surface area (TPSA) is 16.3 Å². The van der Waals surface area contributed by atoms with E-state index >= 15 is 0 Å². The first-order chi connectivity index (χ1) is 36.2. The van der Waals surface area contributed by atoms with Gasteiger partial charge in [-0.05, 0) is 207 Å². The highest BCUT2D eigenvalue weighted by Gasteiger charge is 2.20. The summed E-state index contributed by atoms with van der Waals surface area (Å²) in [5, 5.41) is 2.53. The fourth-order valence-electron chi connectivity index (χ4n) is 10.8. The van der Waals surface area contributed by atoms with Gasteiger partial charge >= 0.3 is 0 Å². The zero-order valence-electron chi connectivity index (χ0n) is 42.9. The molecule has 12 aromatic rings. The Morgan fingerprint density at radius 3 is 0.851 bits per heavy atom. The fraction of sp³-hybridized carbons (Fsp3) is 0.0857. The molecule has 0 amide bonds. The van der Waals surface area contributed by atoms with E-state index < -0.39 is 0 Å². The maximum atomic E-state index is 2.41. The second-order valence-corrected chi connectivity index (χ2v) is 19.8. The van der Waals surface area contributed by atoms with Crippen LogP contribution in [0.15, 0.2) is 243 Å². The summed E-state index contributed by atoms with van der Waals surface area (Å²) in [6.45, 7) is 13.3. The highest BCUT2D eigenvalue weighted by Crippen LogP contribution is 2.41. The monoisotopic (exact) mass is 954 g/mol. The number of anilines is 6. The number of hydrogen-bond donors (Lipinski definition) is 0. The average molecular weight is 955 g/mol. The first-order valence-electron chi connectivity index (χ1n) is 25.7. The van der Waals surface area contributed by atoms with Gasteiger partial charge in [-0.15, -0.1) is 0 Å². The van der Waals surface area contributed by atoms with Gasteiger partial charge in [-0.3, -0.25) is 0 Å². The van der Waals surface area contributed by atoms with Gasteiger partial charge in [-0.1, -0.05) is 132 Å². The lowest BCUT2D eigenvalue weighted by Gasteiger charge is -2.26. The Morgan fingerprint density at radius 1 is 0.257 bits per heavy atom. The van der Waals surface area contributed by atoms with Crippen molar-refractivity contribution in [3.63, 3.8) is 0 Å². The van der Waals surface area contributed by atoms with E-state index in [1.54, 1.807) is 0 Å². The van der Waals surface area contributed by atoms with Crippen LogP contribution in [0.2, 0.25) is 0 Å². The second kappa shape index (κ2) is 19.1. The summed E-state index contributed by atoms with van der Waals surface area (Å²) in [5.74, 6) is 0. The molecule has 0 fully saturated rings. The molecule has 0 radical (unpaired) electrons. The van der Waals surface area contributed by atoms with Gasteiger partial charge in [0.25, 0.3) is 0 Å². The van der Waals surface area contributed by atoms with Crippen molar-refractivity contribution in [3.05, 3.63) is 276 Å². The maximum Gasteiger partial charge on any atom is 0.0534 e. The Morgan fingerprint density at radius 2 is 0.527 bits per heavy atom. The third-order valence-corrected chi connectivity index (χ3v) is 15.2. The number of fused-ring (bicyclic) bond motifs is 2. The molecular weight excluding hydrogens is 897 g/mol. The van der Waals surface area contributed by atoms with Crippen LogP contribution in [0, 0.1) is 41.5 Å². The van der Waals surface area contributed by atoms with Crippen LogP contribution in [0.4, 0.5) is 34.1 Å². The van der Waals surface area contributed by atoms with Crippen molar-refractivity contribution in [1.29, 1.82) is 0 Å². The molecule has 0 aliphatic heterocycles. The highest BCUT2D eigenvalue weighted by atomic mass is 15.1. The van der Waals surface area contributed by atoms with Gasteiger partial charge in [0, 0.05) is 67.7 Å². The second-order valence-electron chi connectivity index (χ2n) is 19.8. The third-order valence-electron chi connectivity index (χ3n) is 15.2. The minimum absolute atomic E-state index is 1.11. The standard InChI is InChI=1S/C70H58N4/c1-47-17-27-61(28-18-47)73(63-31-21-55(22-32-63)53-13-9-7-10-14-53)65-39-35-59(36-40-65)71-51(5)49(3)67-45-57(25-43-69(67)71)58-26-44-70-68(46-58)50(4)52(6)72(70)60-37-41-66(42-38-60)74(62-29-19-48(2)20-30-62)64-33-23-56(24-34-64)54-15-11-8-12-16-54/h7-46H,1-6H3. The Balaban J connectivity index is 0.837. The van der Waals surface area contributed by atoms with Crippen molar-refractivity contribution < 1.29 is 0 Å². The van der Waals surface area contributed by atoms with Crippen LogP contribution in [-0.4, -0.2) is 9.13 Å². The van der Waals surface area contributed by atoms with Crippen molar-refractivity contribution in [1.82, 2.24) is 9.13 Å². The molecule has 12 rings (SSSR count). The molecule has 4 heteroatoms. The molecule has 0 atom stereocenters. The number of nitrogens with zero attached hydrogens (tertiary/aromatic N) is 4. The first kappa shape index (κ1) is 46.0. The quantitative estimate of drug-likeness (QED) is 0.128. The fourth-order valence-corrected chi connectivity index (χ4v) is 10.8. The lowest BCUT2D eigenvalue weighted by molar-refractivity contribution is 1.04. The molecule has 358 valence electrons. The van der Waals surface area contributed by atoms with Crippen molar-refractivity contribution in [2.45, 2.75) is 41.5 Å². The Hall–Kier alpha value is -9.12. The van der Waals surface area contributed by atoms with Crippen LogP contribution in [0.3, 0.4) is 0 Å². The van der Waals surface area contributed by atoms with Gasteiger partial charge in [-0.25, -0.2) is 0 Å². The molecule has 0 N–H and O–H groups in total. The van der Waals surface area contributed by atoms with Crippen LogP contribution in [0.25, 0.3) is 66.6 Å². The van der Waals surface area contributed by atoms with Gasteiger partial charge in [0.2, 0.25) is 0 Å². The zero-order chi connectivity index (χ0) is 50.5. The van der Waals surface area contributed by atoms with Gasteiger partial charge in [0.05, 0.1) is 11.0 Å². The van der Waals surface area contributed by atoms with Crippen LogP contribution in [-0.2, 0) is 0 Å². The zero-order valence-corrected chi connectivity index (χ0v) is 42.9. The summed E-state index contributed by atoms with van der Waals surface area (Å²) < 4.78 is 4.82. The number of benzene rings is 10. The summed E-state index contributed by atoms with van der Waals surface area (Å²) in [4.78, 5) is 4.68. The molecule has 0 unspecified atom stereocenters. The molecule has 0 bridgehead atoms. The van der Waals surface area contributed by atoms with Crippen LogP contribution in [0.5, 0.6) is 0 Å². The number of hydrogen-bond acceptors (Lipinski definition) is 2. The molecule has 0 spiro atoms. The molecule has 0 saturated carbocycles. The smallest absolute Gasteiger partial charge is 0.0534 e. The van der Waals surface area contributed by atoms with E-state index in [0.29, 0.717) is 0 Å². The van der Waals surface area contributed by atoms with E-state index in [1.165, 1.54) is 88.8 Å². The molecule has 4 nitrogen and oxygen atoms in total. The van der Waals surface area contributed by atoms with Gasteiger partial charge < -0.3 is 18.9 Å². The van der Waals surface area contributed by atoms with Crippen LogP contribution in [0.1, 0.15) is 33.6 Å². The highest BCUT2D eigenvalue weighted by molar-refractivity contribution is 5.95. The van der Waals surface area contributed by atoms with E-state index in [9.17, 15) is 0 Å². The Labute approximate surface area is 435 Å². The minimum atomic E-state index is 1.11. The van der Waals surface area contributed by atoms with Crippen molar-refractivity contribution in [2.24, 2.45) is 0 Å². The van der Waals surface area contributed by atoms with Gasteiger partial charge in [0.15, 0.2) is 0 Å². The van der Waals surface area contributed by atoms with Crippen LogP contribution < -0.4 is 9.80 Å². The van der Waals surface area contributed by atoms with Crippen LogP contribution >= 0.6 is 0 Å². The summed E-state index contributed by atoms with van der Waals surface area (Å²) in [6, 6.07) is 88.5. The average Bonchev–Trinajstić information content (AvgIpc) is 3.86. The predicted molar refractivity (Wildman–Crippen MR) is 314 cm³/mol. The summed E-state index contributed by atoms with van der Waals surface area (Å²) in [7, 11) is 0. The number of rotatable bonds is 11. The molecule has 2 heterocycles. The van der Waals surface area contributed by atoms with Crippen molar-refractivity contribution in [3.8, 4) is 44.8 Å². The lowest BCUT2D eigenvalue weighted by Crippen LogP contribution is -2.10. The van der Waals surface area contributed by atoms with E-state index in [1.807, 2.05) is 0 Å². The molecule has 2 aromatic heterocycles. The van der Waals surface area contributed by atoms with Gasteiger partial charge in [0.1, 0.15) is 0 Å². The largest absolute Gasteiger partial charge is 0.314 e. The third kappa shape index (κ3) is 8.44. The minimum Gasteiger partial charge on any atom is -0.314 e. The van der Waals surface area contributed by atoms with E-state index in [2.05, 4.69) is 303 Å². The van der Waals surface area contributed by atoms with Crippen molar-refractivity contribution >= 4 is 55.9 Å². The lowest BCUT2D eigenvalue weighted by atomic mass is 10.00. The maximum absolute atomic E-state index is 2.41. The Bertz CT molecular complexity index is 3680. The summed E-state index contributed by atoms with van der Waals surface area (Å²) in [6.07, 6.45) is 0. The van der Waals surface area contributed by atoms with E-state index in [-0.39, 0.29) is 0 Å². The molecule has 0 aliphatic carbocycles. The molecule has 0 saturated heterocycles. The first-order valence-corrected chi connectivity index (χ1v) is 25.7. The molecular formula is C70H58N4. The predicted octanol–water partition coefficient (Wildman–Crippen LogP) is 19.4. The molecule has 10 aromatic carbocycles. The summed E-state index contributed by atoms with van der Waals surface area (Å²) >= 11 is 0. The molecule has 74 heavy (non-hydrogen) atoms. The van der Waals surface area contributed by atoms with E-state index in [4.69, 9.17) is 0 Å². The SMILES string of the molecule is Cc1ccc(N(c2ccc(-c3ccccc3)cc2)c2ccc(-n3c(C)c(C)c4cc(-c5ccc6c(c5)c(C)c(C)n6-c5ccc(N(c6ccc(C)cc6)c6ccc(-c7ccccc7)cc6)cc5)ccc43)cc2)cc1. The van der Waals surface area contributed by atoms with Gasteiger partial charge in [-0.2, -0.15) is 0 Å². The number of aryl methyl sites for hydroxylation is 4. The Kier molecular flexibility index (Phi) is 11.9. The van der Waals surface area contributed by atoms with Crippen molar-refractivity contribution in [2.75, 3.05) is 9.80 Å². The summed E-state index contributed by atoms with van der Waals surface area (Å²) in [5.41, 5.74) is 26.2. The van der Waals surface area contributed by atoms with E-state index in [0.717, 1.165) is 45.5 Å². The molecule has 0 aliphatic rings. The normalized spacial score (nSPS) is 11.4.